The second-order valence-electron chi connectivity index (χ2n) is 7.83. The van der Waals surface area contributed by atoms with Crippen LogP contribution in [-0.4, -0.2) is 45.6 Å². The van der Waals surface area contributed by atoms with E-state index in [0.717, 1.165) is 48.6 Å². The van der Waals surface area contributed by atoms with Crippen molar-refractivity contribution in [2.75, 3.05) is 20.1 Å². The Bertz CT molecular complexity index is 1000. The van der Waals surface area contributed by atoms with Gasteiger partial charge in [-0.25, -0.2) is 9.07 Å². The van der Waals surface area contributed by atoms with Crippen LogP contribution in [0.5, 0.6) is 0 Å². The molecular weight excluding hydrogens is 383 g/mol. The Labute approximate surface area is 175 Å². The molecule has 0 spiro atoms. The molecule has 0 radical (unpaired) electrons. The number of amides is 1. The highest BCUT2D eigenvalue weighted by atomic mass is 19.1. The summed E-state index contributed by atoms with van der Waals surface area (Å²) >= 11 is 0. The number of aryl methyl sites for hydroxylation is 1. The van der Waals surface area contributed by atoms with Crippen LogP contribution in [0.25, 0.3) is 5.69 Å². The zero-order valence-electron chi connectivity index (χ0n) is 17.5. The minimum Gasteiger partial charge on any atom is -0.456 e. The van der Waals surface area contributed by atoms with Gasteiger partial charge in [-0.05, 0) is 56.3 Å². The first-order chi connectivity index (χ1) is 14.5. The summed E-state index contributed by atoms with van der Waals surface area (Å²) in [6, 6.07) is 8.02. The summed E-state index contributed by atoms with van der Waals surface area (Å²) in [5.41, 5.74) is 2.76. The zero-order chi connectivity index (χ0) is 21.1. The number of halogens is 1. The second-order valence-corrected chi connectivity index (χ2v) is 7.83. The Hall–Kier alpha value is -2.93. The molecule has 3 aromatic rings. The van der Waals surface area contributed by atoms with Crippen molar-refractivity contribution in [3.8, 4) is 5.69 Å². The van der Waals surface area contributed by atoms with Gasteiger partial charge >= 0.3 is 0 Å². The van der Waals surface area contributed by atoms with E-state index in [1.807, 2.05) is 19.2 Å². The standard InChI is InChI=1S/C23H27FN4O2/c1-3-21-18(16-27-10-4-5-11-27)12-22(30-21)23(29)26(2)14-17-13-25-28(15-17)20-8-6-19(24)7-9-20/h6-9,12-13,15H,3-5,10-11,14,16H2,1-2H3. The van der Waals surface area contributed by atoms with Crippen LogP contribution in [-0.2, 0) is 19.5 Å². The molecule has 0 atom stereocenters. The highest BCUT2D eigenvalue weighted by molar-refractivity contribution is 5.91. The van der Waals surface area contributed by atoms with E-state index in [1.54, 1.807) is 35.0 Å². The maximum absolute atomic E-state index is 13.1. The lowest BCUT2D eigenvalue weighted by Crippen LogP contribution is -2.25. The molecule has 6 nitrogen and oxygen atoms in total. The minimum absolute atomic E-state index is 0.146. The molecule has 1 aromatic carbocycles. The largest absolute Gasteiger partial charge is 0.456 e. The topological polar surface area (TPSA) is 54.5 Å². The third-order valence-electron chi connectivity index (χ3n) is 5.51. The zero-order valence-corrected chi connectivity index (χ0v) is 17.5. The molecule has 7 heteroatoms. The van der Waals surface area contributed by atoms with E-state index in [4.69, 9.17) is 4.42 Å². The number of carbonyl (C=O) groups excluding carboxylic acids is 1. The molecule has 2 aromatic heterocycles. The lowest BCUT2D eigenvalue weighted by molar-refractivity contribution is 0.0751. The fraction of sp³-hybridized carbons (Fsp3) is 0.391. The van der Waals surface area contributed by atoms with Crippen LogP contribution in [0.1, 0.15) is 47.2 Å². The van der Waals surface area contributed by atoms with Crippen molar-refractivity contribution >= 4 is 5.91 Å². The number of nitrogens with zero attached hydrogens (tertiary/aromatic N) is 4. The first kappa shape index (κ1) is 20.3. The molecule has 0 saturated carbocycles. The molecule has 0 N–H and O–H groups in total. The molecule has 0 bridgehead atoms. The van der Waals surface area contributed by atoms with E-state index in [0.29, 0.717) is 12.3 Å². The van der Waals surface area contributed by atoms with Gasteiger partial charge < -0.3 is 9.32 Å². The van der Waals surface area contributed by atoms with Crippen molar-refractivity contribution in [1.29, 1.82) is 0 Å². The number of likely N-dealkylation sites (tertiary alicyclic amines) is 1. The fourth-order valence-electron chi connectivity index (χ4n) is 3.90. The van der Waals surface area contributed by atoms with Crippen LogP contribution < -0.4 is 0 Å². The molecule has 3 heterocycles. The van der Waals surface area contributed by atoms with E-state index < -0.39 is 0 Å². The Morgan fingerprint density at radius 1 is 1.23 bits per heavy atom. The molecule has 0 aliphatic carbocycles. The summed E-state index contributed by atoms with van der Waals surface area (Å²) in [7, 11) is 1.76. The highest BCUT2D eigenvalue weighted by Crippen LogP contribution is 2.22. The monoisotopic (exact) mass is 410 g/mol. The molecule has 1 aliphatic heterocycles. The van der Waals surface area contributed by atoms with E-state index in [2.05, 4.69) is 10.00 Å². The lowest BCUT2D eigenvalue weighted by Gasteiger charge is -2.14. The van der Waals surface area contributed by atoms with Gasteiger partial charge in [0.25, 0.3) is 5.91 Å². The first-order valence-corrected chi connectivity index (χ1v) is 10.4. The van der Waals surface area contributed by atoms with Crippen molar-refractivity contribution < 1.29 is 13.6 Å². The minimum atomic E-state index is -0.287. The maximum atomic E-state index is 13.1. The Morgan fingerprint density at radius 3 is 2.67 bits per heavy atom. The third-order valence-corrected chi connectivity index (χ3v) is 5.51. The van der Waals surface area contributed by atoms with Gasteiger partial charge in [0.2, 0.25) is 0 Å². The number of carbonyl (C=O) groups is 1. The molecule has 1 amide bonds. The van der Waals surface area contributed by atoms with Gasteiger partial charge in [-0.1, -0.05) is 6.92 Å². The Kier molecular flexibility index (Phi) is 5.99. The average Bonchev–Trinajstić information content (AvgIpc) is 3.49. The molecule has 158 valence electrons. The Balaban J connectivity index is 1.43. The molecule has 4 rings (SSSR count). The molecular formula is C23H27FN4O2. The Morgan fingerprint density at radius 2 is 1.97 bits per heavy atom. The molecule has 1 aliphatic rings. The van der Waals surface area contributed by atoms with Crippen LogP contribution in [0.4, 0.5) is 4.39 Å². The smallest absolute Gasteiger partial charge is 0.289 e. The predicted molar refractivity (Wildman–Crippen MR) is 112 cm³/mol. The van der Waals surface area contributed by atoms with Crippen LogP contribution in [0, 0.1) is 5.82 Å². The first-order valence-electron chi connectivity index (χ1n) is 10.4. The fourth-order valence-corrected chi connectivity index (χ4v) is 3.90. The van der Waals surface area contributed by atoms with E-state index in [9.17, 15) is 9.18 Å². The highest BCUT2D eigenvalue weighted by Gasteiger charge is 2.22. The number of rotatable bonds is 7. The van der Waals surface area contributed by atoms with E-state index in [1.165, 1.54) is 25.0 Å². The normalized spacial score (nSPS) is 14.4. The van der Waals surface area contributed by atoms with Crippen molar-refractivity contribution in [2.24, 2.45) is 0 Å². The van der Waals surface area contributed by atoms with Gasteiger partial charge in [0, 0.05) is 43.9 Å². The lowest BCUT2D eigenvalue weighted by atomic mass is 10.2. The summed E-state index contributed by atoms with van der Waals surface area (Å²) in [6.45, 7) is 5.51. The molecule has 30 heavy (non-hydrogen) atoms. The van der Waals surface area contributed by atoms with Crippen LogP contribution >= 0.6 is 0 Å². The summed E-state index contributed by atoms with van der Waals surface area (Å²) < 4.78 is 20.7. The number of hydrogen-bond donors (Lipinski definition) is 0. The van der Waals surface area contributed by atoms with Crippen LogP contribution in [0.3, 0.4) is 0 Å². The van der Waals surface area contributed by atoms with Crippen molar-refractivity contribution in [1.82, 2.24) is 19.6 Å². The predicted octanol–water partition coefficient (Wildman–Crippen LogP) is 4.03. The van der Waals surface area contributed by atoms with Gasteiger partial charge in [-0.2, -0.15) is 5.10 Å². The van der Waals surface area contributed by atoms with Gasteiger partial charge in [-0.15, -0.1) is 0 Å². The van der Waals surface area contributed by atoms with Crippen LogP contribution in [0.2, 0.25) is 0 Å². The van der Waals surface area contributed by atoms with E-state index in [-0.39, 0.29) is 11.7 Å². The van der Waals surface area contributed by atoms with Crippen molar-refractivity contribution in [3.63, 3.8) is 0 Å². The summed E-state index contributed by atoms with van der Waals surface area (Å²) in [4.78, 5) is 17.0. The average molecular weight is 410 g/mol. The summed E-state index contributed by atoms with van der Waals surface area (Å²) in [6.07, 6.45) is 6.80. The molecule has 1 fully saturated rings. The second kappa shape index (κ2) is 8.83. The van der Waals surface area contributed by atoms with Crippen LogP contribution in [0.15, 0.2) is 47.1 Å². The number of aromatic nitrogens is 2. The number of furan rings is 1. The molecule has 0 unspecified atom stereocenters. The number of benzene rings is 1. The van der Waals surface area contributed by atoms with E-state index >= 15 is 0 Å². The summed E-state index contributed by atoms with van der Waals surface area (Å²) in [5.74, 6) is 0.842. The van der Waals surface area contributed by atoms with Gasteiger partial charge in [0.05, 0.1) is 11.9 Å². The van der Waals surface area contributed by atoms with Gasteiger partial charge in [0.15, 0.2) is 5.76 Å². The SMILES string of the molecule is CCc1oc(C(=O)N(C)Cc2cnn(-c3ccc(F)cc3)c2)cc1CN1CCCC1. The van der Waals surface area contributed by atoms with Crippen molar-refractivity contribution in [3.05, 3.63) is 71.2 Å². The third kappa shape index (κ3) is 4.46. The van der Waals surface area contributed by atoms with Gasteiger partial charge in [0.1, 0.15) is 11.6 Å². The summed E-state index contributed by atoms with van der Waals surface area (Å²) in [5, 5.41) is 4.32. The maximum Gasteiger partial charge on any atom is 0.289 e. The van der Waals surface area contributed by atoms with Gasteiger partial charge in [-0.3, -0.25) is 9.69 Å². The molecule has 1 saturated heterocycles. The number of hydrogen-bond acceptors (Lipinski definition) is 4. The quantitative estimate of drug-likeness (QED) is 0.590. The van der Waals surface area contributed by atoms with Crippen molar-refractivity contribution in [2.45, 2.75) is 39.3 Å².